The van der Waals surface area contributed by atoms with Gasteiger partial charge in [-0.05, 0) is 29.9 Å². The summed E-state index contributed by atoms with van der Waals surface area (Å²) in [5.41, 5.74) is 0.480. The zero-order valence-electron chi connectivity index (χ0n) is 12.1. The van der Waals surface area contributed by atoms with Crippen molar-refractivity contribution in [1.82, 2.24) is 9.88 Å². The number of aromatic carboxylic acids is 1. The van der Waals surface area contributed by atoms with Crippen LogP contribution in [0.4, 0.5) is 0 Å². The van der Waals surface area contributed by atoms with Gasteiger partial charge >= 0.3 is 5.97 Å². The minimum absolute atomic E-state index is 0.0950. The molecule has 0 aliphatic carbocycles. The van der Waals surface area contributed by atoms with Crippen LogP contribution in [0.3, 0.4) is 0 Å². The minimum Gasteiger partial charge on any atom is -0.477 e. The highest BCUT2D eigenvalue weighted by molar-refractivity contribution is 5.96. The van der Waals surface area contributed by atoms with E-state index in [0.717, 1.165) is 19.5 Å². The highest BCUT2D eigenvalue weighted by atomic mass is 16.4. The van der Waals surface area contributed by atoms with E-state index < -0.39 is 5.97 Å². The standard InChI is InChI=1S/C15H20N2O3/c1-15(2,3)11-5-7-17(9-11)13(18)10-4-6-16-12(8-10)14(19)20/h4,6,8,11H,5,7,9H2,1-3H3,(H,19,20). The molecule has 1 amide bonds. The lowest BCUT2D eigenvalue weighted by Crippen LogP contribution is -2.31. The lowest BCUT2D eigenvalue weighted by molar-refractivity contribution is 0.0690. The number of hydrogen-bond donors (Lipinski definition) is 1. The van der Waals surface area contributed by atoms with E-state index in [0.29, 0.717) is 11.5 Å². The van der Waals surface area contributed by atoms with Gasteiger partial charge in [0.2, 0.25) is 0 Å². The maximum absolute atomic E-state index is 12.4. The SMILES string of the molecule is CC(C)(C)C1CCN(C(=O)c2ccnc(C(=O)O)c2)C1. The average Bonchev–Trinajstić information content (AvgIpc) is 2.87. The molecule has 1 aliphatic rings. The molecular formula is C15H20N2O3. The molecule has 1 aliphatic heterocycles. The van der Waals surface area contributed by atoms with Crippen molar-refractivity contribution in [2.24, 2.45) is 11.3 Å². The lowest BCUT2D eigenvalue weighted by atomic mass is 9.80. The third-order valence-corrected chi connectivity index (χ3v) is 3.93. The number of carboxylic acid groups (broad SMARTS) is 1. The summed E-state index contributed by atoms with van der Waals surface area (Å²) >= 11 is 0. The maximum Gasteiger partial charge on any atom is 0.354 e. The number of nitrogens with zero attached hydrogens (tertiary/aromatic N) is 2. The number of carbonyl (C=O) groups excluding carboxylic acids is 1. The van der Waals surface area contributed by atoms with Crippen molar-refractivity contribution in [3.8, 4) is 0 Å². The second kappa shape index (κ2) is 5.23. The summed E-state index contributed by atoms with van der Waals surface area (Å²) in [7, 11) is 0. The Balaban J connectivity index is 2.13. The Bertz CT molecular complexity index is 534. The molecule has 5 nitrogen and oxygen atoms in total. The Hall–Kier alpha value is -1.91. The summed E-state index contributed by atoms with van der Waals surface area (Å²) in [6.07, 6.45) is 2.36. The van der Waals surface area contributed by atoms with Gasteiger partial charge in [-0.25, -0.2) is 9.78 Å². The van der Waals surface area contributed by atoms with E-state index in [1.807, 2.05) is 0 Å². The van der Waals surface area contributed by atoms with Crippen molar-refractivity contribution in [3.63, 3.8) is 0 Å². The second-order valence-electron chi connectivity index (χ2n) is 6.34. The van der Waals surface area contributed by atoms with Crippen LogP contribution in [-0.2, 0) is 0 Å². The van der Waals surface area contributed by atoms with Crippen molar-refractivity contribution in [1.29, 1.82) is 0 Å². The molecule has 0 aromatic carbocycles. The summed E-state index contributed by atoms with van der Waals surface area (Å²) in [5.74, 6) is -0.748. The number of pyridine rings is 1. The van der Waals surface area contributed by atoms with Gasteiger partial charge in [-0.15, -0.1) is 0 Å². The van der Waals surface area contributed by atoms with E-state index in [4.69, 9.17) is 5.11 Å². The molecule has 0 saturated carbocycles. The molecule has 1 aromatic heterocycles. The van der Waals surface area contributed by atoms with E-state index in [1.165, 1.54) is 12.3 Å². The number of likely N-dealkylation sites (tertiary alicyclic amines) is 1. The van der Waals surface area contributed by atoms with Crippen molar-refractivity contribution in [3.05, 3.63) is 29.6 Å². The third kappa shape index (κ3) is 2.98. The van der Waals surface area contributed by atoms with Crippen LogP contribution in [0.15, 0.2) is 18.3 Å². The molecule has 1 saturated heterocycles. The number of carboxylic acids is 1. The molecule has 5 heteroatoms. The van der Waals surface area contributed by atoms with E-state index in [1.54, 1.807) is 11.0 Å². The van der Waals surface area contributed by atoms with E-state index in [-0.39, 0.29) is 17.0 Å². The fraction of sp³-hybridized carbons (Fsp3) is 0.533. The summed E-state index contributed by atoms with van der Waals surface area (Å²) in [6, 6.07) is 2.91. The Labute approximate surface area is 118 Å². The first kappa shape index (κ1) is 14.5. The molecule has 0 spiro atoms. The van der Waals surface area contributed by atoms with Gasteiger partial charge in [0.1, 0.15) is 5.69 Å². The molecule has 1 unspecified atom stereocenters. The van der Waals surface area contributed by atoms with Gasteiger partial charge in [0, 0.05) is 24.8 Å². The first-order valence-corrected chi connectivity index (χ1v) is 6.77. The van der Waals surface area contributed by atoms with Crippen LogP contribution in [0, 0.1) is 11.3 Å². The van der Waals surface area contributed by atoms with Crippen molar-refractivity contribution in [2.45, 2.75) is 27.2 Å². The Morgan fingerprint density at radius 3 is 2.65 bits per heavy atom. The Morgan fingerprint density at radius 2 is 2.10 bits per heavy atom. The highest BCUT2D eigenvalue weighted by Gasteiger charge is 2.34. The molecule has 2 rings (SSSR count). The normalized spacial score (nSPS) is 19.1. The maximum atomic E-state index is 12.4. The summed E-state index contributed by atoms with van der Waals surface area (Å²) in [5, 5.41) is 8.92. The van der Waals surface area contributed by atoms with Crippen LogP contribution in [0.2, 0.25) is 0 Å². The fourth-order valence-corrected chi connectivity index (χ4v) is 2.51. The number of aromatic nitrogens is 1. The quantitative estimate of drug-likeness (QED) is 0.899. The molecule has 1 N–H and O–H groups in total. The Kier molecular flexibility index (Phi) is 3.79. The minimum atomic E-state index is -1.12. The molecule has 2 heterocycles. The molecule has 20 heavy (non-hydrogen) atoms. The predicted molar refractivity (Wildman–Crippen MR) is 74.7 cm³/mol. The molecule has 1 atom stereocenters. The number of rotatable bonds is 2. The summed E-state index contributed by atoms with van der Waals surface area (Å²) in [4.78, 5) is 28.8. The van der Waals surface area contributed by atoms with E-state index in [2.05, 4.69) is 25.8 Å². The highest BCUT2D eigenvalue weighted by Crippen LogP contribution is 2.34. The van der Waals surface area contributed by atoms with Gasteiger partial charge in [-0.2, -0.15) is 0 Å². The van der Waals surface area contributed by atoms with Gasteiger partial charge in [-0.3, -0.25) is 4.79 Å². The Morgan fingerprint density at radius 1 is 1.40 bits per heavy atom. The zero-order valence-corrected chi connectivity index (χ0v) is 12.1. The van der Waals surface area contributed by atoms with Crippen LogP contribution in [0.5, 0.6) is 0 Å². The topological polar surface area (TPSA) is 70.5 Å². The van der Waals surface area contributed by atoms with Crippen molar-refractivity contribution >= 4 is 11.9 Å². The van der Waals surface area contributed by atoms with Crippen LogP contribution in [-0.4, -0.2) is 40.0 Å². The van der Waals surface area contributed by atoms with Crippen molar-refractivity contribution < 1.29 is 14.7 Å². The van der Waals surface area contributed by atoms with Crippen LogP contribution >= 0.6 is 0 Å². The molecule has 108 valence electrons. The lowest BCUT2D eigenvalue weighted by Gasteiger charge is -2.27. The fourth-order valence-electron chi connectivity index (χ4n) is 2.51. The van der Waals surface area contributed by atoms with Gasteiger partial charge in [0.05, 0.1) is 0 Å². The largest absolute Gasteiger partial charge is 0.477 e. The first-order chi connectivity index (χ1) is 9.29. The molecule has 1 fully saturated rings. The zero-order chi connectivity index (χ0) is 14.9. The van der Waals surface area contributed by atoms with Crippen molar-refractivity contribution in [2.75, 3.05) is 13.1 Å². The first-order valence-electron chi connectivity index (χ1n) is 6.77. The van der Waals surface area contributed by atoms with Crippen LogP contribution < -0.4 is 0 Å². The average molecular weight is 276 g/mol. The van der Waals surface area contributed by atoms with Crippen LogP contribution in [0.1, 0.15) is 48.0 Å². The van der Waals surface area contributed by atoms with Gasteiger partial charge in [0.25, 0.3) is 5.91 Å². The van der Waals surface area contributed by atoms with E-state index in [9.17, 15) is 9.59 Å². The molecule has 0 bridgehead atoms. The van der Waals surface area contributed by atoms with Crippen LogP contribution in [0.25, 0.3) is 0 Å². The van der Waals surface area contributed by atoms with E-state index >= 15 is 0 Å². The van der Waals surface area contributed by atoms with Gasteiger partial charge < -0.3 is 10.0 Å². The number of hydrogen-bond acceptors (Lipinski definition) is 3. The number of carbonyl (C=O) groups is 2. The second-order valence-corrected chi connectivity index (χ2v) is 6.34. The monoisotopic (exact) mass is 276 g/mol. The summed E-state index contributed by atoms with van der Waals surface area (Å²) < 4.78 is 0. The van der Waals surface area contributed by atoms with Gasteiger partial charge in [0.15, 0.2) is 0 Å². The van der Waals surface area contributed by atoms with Gasteiger partial charge in [-0.1, -0.05) is 20.8 Å². The smallest absolute Gasteiger partial charge is 0.354 e. The third-order valence-electron chi connectivity index (χ3n) is 3.93. The molecular weight excluding hydrogens is 256 g/mol. The molecule has 1 aromatic rings. The predicted octanol–water partition coefficient (Wildman–Crippen LogP) is 2.29. The molecule has 0 radical (unpaired) electrons. The summed E-state index contributed by atoms with van der Waals surface area (Å²) in [6.45, 7) is 8.00. The number of amides is 1.